The van der Waals surface area contributed by atoms with Gasteiger partial charge in [-0.15, -0.1) is 5.10 Å². The number of carbonyl (C=O) groups excluding carboxylic acids is 2. The normalized spacial score (nSPS) is 13.8. The maximum absolute atomic E-state index is 13.3. The van der Waals surface area contributed by atoms with E-state index in [4.69, 9.17) is 5.73 Å². The van der Waals surface area contributed by atoms with Gasteiger partial charge in [-0.05, 0) is 37.1 Å². The number of benzene rings is 2. The van der Waals surface area contributed by atoms with E-state index in [0.29, 0.717) is 17.1 Å². The summed E-state index contributed by atoms with van der Waals surface area (Å²) in [6.07, 6.45) is 3.44. The van der Waals surface area contributed by atoms with Gasteiger partial charge in [0, 0.05) is 17.2 Å². The summed E-state index contributed by atoms with van der Waals surface area (Å²) >= 11 is 0. The third-order valence-electron chi connectivity index (χ3n) is 5.56. The molecule has 9 nitrogen and oxygen atoms in total. The summed E-state index contributed by atoms with van der Waals surface area (Å²) in [4.78, 5) is 42.0. The standard InChI is InChI=1S/C23H23N5O4/c24-20(31)15-10-12-18(13-11-15)28-22(16-6-2-1-3-7-16)25-21(26-28)23(32)27(14-19(29)30)17-8-4-5-9-17/h1-3,6-7,10-13,17H,4-5,8-9,14H2,(H2,24,31)(H,29,30). The zero-order valence-corrected chi connectivity index (χ0v) is 17.3. The Balaban J connectivity index is 1.76. The highest BCUT2D eigenvalue weighted by Gasteiger charge is 2.32. The van der Waals surface area contributed by atoms with Crippen LogP contribution in [0, 0.1) is 0 Å². The molecule has 1 aromatic heterocycles. The molecule has 0 atom stereocenters. The first kappa shape index (κ1) is 21.2. The fraction of sp³-hybridized carbons (Fsp3) is 0.261. The molecular formula is C23H23N5O4. The molecule has 0 spiro atoms. The van der Waals surface area contributed by atoms with Crippen LogP contribution < -0.4 is 5.73 Å². The topological polar surface area (TPSA) is 131 Å². The van der Waals surface area contributed by atoms with Gasteiger partial charge in [0.2, 0.25) is 11.7 Å². The molecule has 0 bridgehead atoms. The molecule has 1 aliphatic rings. The molecular weight excluding hydrogens is 410 g/mol. The van der Waals surface area contributed by atoms with Crippen LogP contribution in [0.4, 0.5) is 0 Å². The zero-order valence-electron chi connectivity index (χ0n) is 17.3. The molecule has 9 heteroatoms. The van der Waals surface area contributed by atoms with Gasteiger partial charge in [-0.1, -0.05) is 43.2 Å². The molecule has 0 unspecified atom stereocenters. The molecule has 4 rings (SSSR count). The van der Waals surface area contributed by atoms with Gasteiger partial charge in [0.05, 0.1) is 5.69 Å². The Labute approximate surface area is 184 Å². The Kier molecular flexibility index (Phi) is 5.98. The number of aliphatic carboxylic acids is 1. The third-order valence-corrected chi connectivity index (χ3v) is 5.56. The van der Waals surface area contributed by atoms with Gasteiger partial charge in [-0.2, -0.15) is 0 Å². The highest BCUT2D eigenvalue weighted by molar-refractivity contribution is 5.94. The lowest BCUT2D eigenvalue weighted by atomic mass is 10.2. The van der Waals surface area contributed by atoms with Crippen LogP contribution in [0.5, 0.6) is 0 Å². The predicted octanol–water partition coefficient (Wildman–Crippen LogP) is 2.50. The van der Waals surface area contributed by atoms with Crippen LogP contribution in [-0.4, -0.2) is 55.1 Å². The van der Waals surface area contributed by atoms with Crippen LogP contribution in [0.15, 0.2) is 54.6 Å². The van der Waals surface area contributed by atoms with Crippen molar-refractivity contribution in [2.45, 2.75) is 31.7 Å². The van der Waals surface area contributed by atoms with Gasteiger partial charge in [0.1, 0.15) is 6.54 Å². The second-order valence-electron chi connectivity index (χ2n) is 7.71. The van der Waals surface area contributed by atoms with Crippen molar-refractivity contribution >= 4 is 17.8 Å². The monoisotopic (exact) mass is 433 g/mol. The first-order valence-corrected chi connectivity index (χ1v) is 10.4. The van der Waals surface area contributed by atoms with Crippen LogP contribution in [0.2, 0.25) is 0 Å². The van der Waals surface area contributed by atoms with E-state index in [9.17, 15) is 19.5 Å². The maximum atomic E-state index is 13.3. The van der Waals surface area contributed by atoms with E-state index in [2.05, 4.69) is 10.1 Å². The molecule has 1 fully saturated rings. The minimum absolute atomic E-state index is 0.0732. The fourth-order valence-corrected chi connectivity index (χ4v) is 3.98. The second-order valence-corrected chi connectivity index (χ2v) is 7.71. The van der Waals surface area contributed by atoms with E-state index in [1.165, 1.54) is 9.58 Å². The Hall–Kier alpha value is -4.01. The second kappa shape index (κ2) is 9.01. The number of amides is 2. The molecule has 164 valence electrons. The predicted molar refractivity (Wildman–Crippen MR) is 116 cm³/mol. The average molecular weight is 433 g/mol. The largest absolute Gasteiger partial charge is 0.480 e. The number of aromatic nitrogens is 3. The Morgan fingerprint density at radius 2 is 1.69 bits per heavy atom. The summed E-state index contributed by atoms with van der Waals surface area (Å²) < 4.78 is 1.51. The number of hydrogen-bond donors (Lipinski definition) is 2. The Morgan fingerprint density at radius 1 is 1.03 bits per heavy atom. The molecule has 1 aliphatic carbocycles. The lowest BCUT2D eigenvalue weighted by Crippen LogP contribution is -2.42. The van der Waals surface area contributed by atoms with E-state index in [0.717, 1.165) is 31.2 Å². The van der Waals surface area contributed by atoms with E-state index < -0.39 is 24.3 Å². The van der Waals surface area contributed by atoms with E-state index in [1.54, 1.807) is 24.3 Å². The Bertz CT molecular complexity index is 1130. The van der Waals surface area contributed by atoms with Crippen molar-refractivity contribution in [1.82, 2.24) is 19.7 Å². The molecule has 3 N–H and O–H groups in total. The molecule has 0 aliphatic heterocycles. The summed E-state index contributed by atoms with van der Waals surface area (Å²) in [6, 6.07) is 15.6. The summed E-state index contributed by atoms with van der Waals surface area (Å²) in [5, 5.41) is 13.8. The summed E-state index contributed by atoms with van der Waals surface area (Å²) in [5.74, 6) is -1.77. The van der Waals surface area contributed by atoms with Crippen LogP contribution >= 0.6 is 0 Å². The van der Waals surface area contributed by atoms with Crippen LogP contribution in [-0.2, 0) is 4.79 Å². The zero-order chi connectivity index (χ0) is 22.7. The number of carboxylic acid groups (broad SMARTS) is 1. The highest BCUT2D eigenvalue weighted by Crippen LogP contribution is 2.26. The van der Waals surface area contributed by atoms with E-state index >= 15 is 0 Å². The van der Waals surface area contributed by atoms with Crippen LogP contribution in [0.1, 0.15) is 46.7 Å². The highest BCUT2D eigenvalue weighted by atomic mass is 16.4. The Morgan fingerprint density at radius 3 is 2.28 bits per heavy atom. The summed E-state index contributed by atoms with van der Waals surface area (Å²) in [7, 11) is 0. The van der Waals surface area contributed by atoms with Crippen LogP contribution in [0.3, 0.4) is 0 Å². The number of carboxylic acids is 1. The molecule has 1 saturated carbocycles. The van der Waals surface area contributed by atoms with Crippen molar-refractivity contribution in [2.24, 2.45) is 5.73 Å². The molecule has 32 heavy (non-hydrogen) atoms. The van der Waals surface area contributed by atoms with E-state index in [1.807, 2.05) is 30.3 Å². The number of nitrogens with two attached hydrogens (primary N) is 1. The SMILES string of the molecule is NC(=O)c1ccc(-n2nc(C(=O)N(CC(=O)O)C3CCCC3)nc2-c2ccccc2)cc1. The number of hydrogen-bond acceptors (Lipinski definition) is 5. The summed E-state index contributed by atoms with van der Waals surface area (Å²) in [6.45, 7) is -0.397. The van der Waals surface area contributed by atoms with Crippen LogP contribution in [0.25, 0.3) is 17.1 Å². The molecule has 3 aromatic rings. The van der Waals surface area contributed by atoms with Crippen molar-refractivity contribution in [3.8, 4) is 17.1 Å². The molecule has 0 saturated heterocycles. The molecule has 2 amide bonds. The van der Waals surface area contributed by atoms with E-state index in [-0.39, 0.29) is 11.9 Å². The quantitative estimate of drug-likeness (QED) is 0.588. The smallest absolute Gasteiger partial charge is 0.323 e. The van der Waals surface area contributed by atoms with Crippen molar-refractivity contribution < 1.29 is 19.5 Å². The van der Waals surface area contributed by atoms with Crippen molar-refractivity contribution in [3.05, 3.63) is 66.0 Å². The van der Waals surface area contributed by atoms with Crippen molar-refractivity contribution in [1.29, 1.82) is 0 Å². The molecule has 0 radical (unpaired) electrons. The molecule has 2 aromatic carbocycles. The number of primary amides is 1. The average Bonchev–Trinajstić information content (AvgIpc) is 3.48. The number of nitrogens with zero attached hydrogens (tertiary/aromatic N) is 4. The van der Waals surface area contributed by atoms with Gasteiger partial charge in [-0.25, -0.2) is 9.67 Å². The van der Waals surface area contributed by atoms with Gasteiger partial charge in [0.25, 0.3) is 5.91 Å². The number of carbonyl (C=O) groups is 3. The number of rotatable bonds is 7. The van der Waals surface area contributed by atoms with Gasteiger partial charge >= 0.3 is 5.97 Å². The lowest BCUT2D eigenvalue weighted by molar-refractivity contribution is -0.138. The van der Waals surface area contributed by atoms with Crippen molar-refractivity contribution in [3.63, 3.8) is 0 Å². The first-order valence-electron chi connectivity index (χ1n) is 10.4. The first-order chi connectivity index (χ1) is 15.4. The minimum atomic E-state index is -1.07. The summed E-state index contributed by atoms with van der Waals surface area (Å²) in [5.41, 5.74) is 7.00. The fourth-order valence-electron chi connectivity index (χ4n) is 3.98. The minimum Gasteiger partial charge on any atom is -0.480 e. The maximum Gasteiger partial charge on any atom is 0.323 e. The third kappa shape index (κ3) is 4.36. The van der Waals surface area contributed by atoms with Gasteiger partial charge < -0.3 is 15.7 Å². The van der Waals surface area contributed by atoms with Gasteiger partial charge in [-0.3, -0.25) is 14.4 Å². The van der Waals surface area contributed by atoms with Crippen molar-refractivity contribution in [2.75, 3.05) is 6.54 Å². The van der Waals surface area contributed by atoms with Gasteiger partial charge in [0.15, 0.2) is 5.82 Å². The molecule has 1 heterocycles. The lowest BCUT2D eigenvalue weighted by Gasteiger charge is -2.26.